The highest BCUT2D eigenvalue weighted by Gasteiger charge is 2.17. The van der Waals surface area contributed by atoms with Crippen LogP contribution < -0.4 is 5.56 Å². The van der Waals surface area contributed by atoms with E-state index in [0.29, 0.717) is 16.7 Å². The SMILES string of the molecule is Cc1cc(C#N)ccc1-c1c[nH]n(-c2ccncc2C(=O)O)c1=O. The second-order valence-electron chi connectivity index (χ2n) is 5.17. The second-order valence-corrected chi connectivity index (χ2v) is 5.17. The standard InChI is InChI=1S/C17H12N4O3/c1-10-6-11(7-18)2-3-12(10)13-9-20-21(16(13)22)15-4-5-19-8-14(15)17(23)24/h2-6,8-9,20H,1H3,(H,23,24). The summed E-state index contributed by atoms with van der Waals surface area (Å²) in [6.07, 6.45) is 4.13. The van der Waals surface area contributed by atoms with Crippen LogP contribution >= 0.6 is 0 Å². The van der Waals surface area contributed by atoms with Gasteiger partial charge in [-0.2, -0.15) is 5.26 Å². The van der Waals surface area contributed by atoms with E-state index >= 15 is 0 Å². The number of nitrogens with zero attached hydrogens (tertiary/aromatic N) is 3. The number of carboxylic acid groups (broad SMARTS) is 1. The minimum Gasteiger partial charge on any atom is -0.478 e. The Balaban J connectivity index is 2.16. The summed E-state index contributed by atoms with van der Waals surface area (Å²) < 4.78 is 1.16. The van der Waals surface area contributed by atoms with Gasteiger partial charge in [0.15, 0.2) is 0 Å². The van der Waals surface area contributed by atoms with Crippen LogP contribution in [0.1, 0.15) is 21.5 Å². The average Bonchev–Trinajstić information content (AvgIpc) is 2.96. The largest absolute Gasteiger partial charge is 0.478 e. The van der Waals surface area contributed by atoms with Gasteiger partial charge in [-0.05, 0) is 36.2 Å². The number of aromatic carboxylic acids is 1. The van der Waals surface area contributed by atoms with Crippen LogP contribution in [-0.2, 0) is 0 Å². The van der Waals surface area contributed by atoms with Gasteiger partial charge in [0.05, 0.1) is 22.9 Å². The van der Waals surface area contributed by atoms with E-state index in [-0.39, 0.29) is 16.8 Å². The molecule has 0 bridgehead atoms. The molecule has 0 unspecified atom stereocenters. The molecule has 0 saturated heterocycles. The van der Waals surface area contributed by atoms with Gasteiger partial charge in [-0.1, -0.05) is 6.07 Å². The molecule has 0 radical (unpaired) electrons. The van der Waals surface area contributed by atoms with Gasteiger partial charge >= 0.3 is 5.97 Å². The number of H-pyrrole nitrogens is 1. The fraction of sp³-hybridized carbons (Fsp3) is 0.0588. The number of carbonyl (C=O) groups is 1. The van der Waals surface area contributed by atoms with Gasteiger partial charge in [-0.3, -0.25) is 14.9 Å². The van der Waals surface area contributed by atoms with Crippen molar-refractivity contribution in [2.24, 2.45) is 0 Å². The molecule has 24 heavy (non-hydrogen) atoms. The highest BCUT2D eigenvalue weighted by molar-refractivity contribution is 5.91. The Hall–Kier alpha value is -3.66. The molecule has 3 aromatic rings. The van der Waals surface area contributed by atoms with Crippen LogP contribution in [0.15, 0.2) is 47.7 Å². The van der Waals surface area contributed by atoms with Crippen molar-refractivity contribution in [2.75, 3.05) is 0 Å². The molecule has 2 heterocycles. The summed E-state index contributed by atoms with van der Waals surface area (Å²) in [7, 11) is 0. The molecule has 2 N–H and O–H groups in total. The summed E-state index contributed by atoms with van der Waals surface area (Å²) in [6, 6.07) is 8.53. The van der Waals surface area contributed by atoms with Crippen LogP contribution in [0.5, 0.6) is 0 Å². The fourth-order valence-corrected chi connectivity index (χ4v) is 2.52. The van der Waals surface area contributed by atoms with E-state index in [9.17, 15) is 14.7 Å². The van der Waals surface area contributed by atoms with Crippen molar-refractivity contribution >= 4 is 5.97 Å². The molecule has 0 aliphatic heterocycles. The first-order chi connectivity index (χ1) is 11.5. The third-order valence-electron chi connectivity index (χ3n) is 3.69. The van der Waals surface area contributed by atoms with Gasteiger partial charge in [0.2, 0.25) is 0 Å². The molecular weight excluding hydrogens is 308 g/mol. The van der Waals surface area contributed by atoms with Crippen molar-refractivity contribution in [3.05, 3.63) is 69.9 Å². The molecule has 7 heteroatoms. The zero-order chi connectivity index (χ0) is 17.3. The molecule has 0 aliphatic carbocycles. The van der Waals surface area contributed by atoms with Crippen molar-refractivity contribution in [2.45, 2.75) is 6.92 Å². The van der Waals surface area contributed by atoms with Gasteiger partial charge in [0.1, 0.15) is 5.56 Å². The third kappa shape index (κ3) is 2.46. The Morgan fingerprint density at radius 1 is 1.33 bits per heavy atom. The van der Waals surface area contributed by atoms with Crippen LogP contribution in [0, 0.1) is 18.3 Å². The van der Waals surface area contributed by atoms with Crippen molar-refractivity contribution in [1.29, 1.82) is 5.26 Å². The predicted molar refractivity (Wildman–Crippen MR) is 86.0 cm³/mol. The summed E-state index contributed by atoms with van der Waals surface area (Å²) >= 11 is 0. The minimum absolute atomic E-state index is 0.0791. The first kappa shape index (κ1) is 15.2. The number of nitrogens with one attached hydrogen (secondary N) is 1. The number of hydrogen-bond acceptors (Lipinski definition) is 4. The predicted octanol–water partition coefficient (Wildman–Crippen LogP) is 2.11. The van der Waals surface area contributed by atoms with E-state index in [1.807, 2.05) is 13.0 Å². The van der Waals surface area contributed by atoms with Gasteiger partial charge in [0.25, 0.3) is 5.56 Å². The summed E-state index contributed by atoms with van der Waals surface area (Å²) in [5.74, 6) is -1.17. The molecule has 0 fully saturated rings. The summed E-state index contributed by atoms with van der Waals surface area (Å²) in [6.45, 7) is 1.81. The van der Waals surface area contributed by atoms with Crippen molar-refractivity contribution < 1.29 is 9.90 Å². The zero-order valence-corrected chi connectivity index (χ0v) is 12.6. The maximum absolute atomic E-state index is 12.7. The van der Waals surface area contributed by atoms with Gasteiger partial charge in [-0.15, -0.1) is 0 Å². The number of aromatic amines is 1. The Morgan fingerprint density at radius 2 is 2.12 bits per heavy atom. The van der Waals surface area contributed by atoms with Crippen LogP contribution in [0.3, 0.4) is 0 Å². The topological polar surface area (TPSA) is 112 Å². The molecule has 7 nitrogen and oxygen atoms in total. The van der Waals surface area contributed by atoms with E-state index in [2.05, 4.69) is 10.1 Å². The first-order valence-corrected chi connectivity index (χ1v) is 7.02. The normalized spacial score (nSPS) is 10.3. The number of pyridine rings is 1. The Kier molecular flexibility index (Phi) is 3.72. The lowest BCUT2D eigenvalue weighted by Crippen LogP contribution is -2.19. The van der Waals surface area contributed by atoms with Gasteiger partial charge in [-0.25, -0.2) is 9.48 Å². The van der Waals surface area contributed by atoms with Gasteiger partial charge < -0.3 is 5.11 Å². The van der Waals surface area contributed by atoms with Crippen molar-refractivity contribution in [1.82, 2.24) is 14.8 Å². The number of rotatable bonds is 3. The number of nitriles is 1. The molecular formula is C17H12N4O3. The molecule has 118 valence electrons. The Labute approximate surface area is 136 Å². The molecule has 0 aliphatic rings. The van der Waals surface area contributed by atoms with E-state index in [4.69, 9.17) is 5.26 Å². The van der Waals surface area contributed by atoms with E-state index in [0.717, 1.165) is 10.2 Å². The molecule has 0 spiro atoms. The lowest BCUT2D eigenvalue weighted by atomic mass is 10.0. The first-order valence-electron chi connectivity index (χ1n) is 7.02. The Morgan fingerprint density at radius 3 is 2.79 bits per heavy atom. The van der Waals surface area contributed by atoms with Crippen molar-refractivity contribution in [3.63, 3.8) is 0 Å². The number of carboxylic acids is 1. The highest BCUT2D eigenvalue weighted by Crippen LogP contribution is 2.22. The maximum Gasteiger partial charge on any atom is 0.339 e. The quantitative estimate of drug-likeness (QED) is 0.767. The van der Waals surface area contributed by atoms with E-state index in [1.165, 1.54) is 24.7 Å². The van der Waals surface area contributed by atoms with E-state index < -0.39 is 5.97 Å². The van der Waals surface area contributed by atoms with Crippen LogP contribution in [0.4, 0.5) is 0 Å². The Bertz CT molecular complexity index is 1040. The highest BCUT2D eigenvalue weighted by atomic mass is 16.4. The lowest BCUT2D eigenvalue weighted by Gasteiger charge is -2.05. The molecule has 0 saturated carbocycles. The smallest absolute Gasteiger partial charge is 0.339 e. The second kappa shape index (κ2) is 5.85. The number of aryl methyl sites for hydroxylation is 1. The molecule has 3 rings (SSSR count). The molecule has 1 aromatic carbocycles. The molecule has 2 aromatic heterocycles. The van der Waals surface area contributed by atoms with Crippen molar-refractivity contribution in [3.8, 4) is 22.9 Å². The molecule has 0 atom stereocenters. The minimum atomic E-state index is -1.17. The summed E-state index contributed by atoms with van der Waals surface area (Å²) in [5.41, 5.74) is 2.12. The third-order valence-corrected chi connectivity index (χ3v) is 3.69. The number of aromatic nitrogens is 3. The summed E-state index contributed by atoms with van der Waals surface area (Å²) in [5, 5.41) is 21.0. The fourth-order valence-electron chi connectivity index (χ4n) is 2.52. The lowest BCUT2D eigenvalue weighted by molar-refractivity contribution is 0.0696. The summed E-state index contributed by atoms with van der Waals surface area (Å²) in [4.78, 5) is 27.8. The van der Waals surface area contributed by atoms with E-state index in [1.54, 1.807) is 18.2 Å². The van der Waals surface area contributed by atoms with Crippen LogP contribution in [0.2, 0.25) is 0 Å². The number of benzene rings is 1. The van der Waals surface area contributed by atoms with Crippen LogP contribution in [0.25, 0.3) is 16.8 Å². The van der Waals surface area contributed by atoms with Gasteiger partial charge in [0, 0.05) is 18.6 Å². The average molecular weight is 320 g/mol. The maximum atomic E-state index is 12.7. The zero-order valence-electron chi connectivity index (χ0n) is 12.6. The van der Waals surface area contributed by atoms with Crippen LogP contribution in [-0.4, -0.2) is 25.8 Å². The number of hydrogen-bond donors (Lipinski definition) is 2. The monoisotopic (exact) mass is 320 g/mol. The molecule has 0 amide bonds.